The Hall–Kier alpha value is -4.00. The van der Waals surface area contributed by atoms with Crippen LogP contribution in [0, 0.1) is 5.92 Å². The highest BCUT2D eigenvalue weighted by Crippen LogP contribution is 2.37. The van der Waals surface area contributed by atoms with Crippen LogP contribution < -0.4 is 24.4 Å². The third-order valence-electron chi connectivity index (χ3n) is 5.26. The summed E-state index contributed by atoms with van der Waals surface area (Å²) in [7, 11) is 0. The summed E-state index contributed by atoms with van der Waals surface area (Å²) in [5.74, 6) is 1.97. The van der Waals surface area contributed by atoms with E-state index in [0.717, 1.165) is 5.75 Å². The van der Waals surface area contributed by atoms with Crippen molar-refractivity contribution in [3.8, 4) is 23.0 Å². The van der Waals surface area contributed by atoms with Crippen molar-refractivity contribution in [2.45, 2.75) is 6.42 Å². The van der Waals surface area contributed by atoms with E-state index >= 15 is 0 Å². The molecule has 3 aromatic carbocycles. The molecule has 0 spiro atoms. The van der Waals surface area contributed by atoms with E-state index in [-0.39, 0.29) is 25.0 Å². The van der Waals surface area contributed by atoms with Crippen molar-refractivity contribution in [1.82, 2.24) is 0 Å². The minimum Gasteiger partial charge on any atom is -0.457 e. The highest BCUT2D eigenvalue weighted by Gasteiger charge is 2.35. The molecule has 3 aromatic rings. The topological polar surface area (TPSA) is 77.1 Å². The Morgan fingerprint density at radius 2 is 1.68 bits per heavy atom. The monoisotopic (exact) mass is 416 g/mol. The maximum atomic E-state index is 12.7. The Labute approximate surface area is 179 Å². The van der Waals surface area contributed by atoms with Crippen LogP contribution in [0.15, 0.2) is 72.8 Å². The van der Waals surface area contributed by atoms with Gasteiger partial charge in [0.15, 0.2) is 11.5 Å². The van der Waals surface area contributed by atoms with Crippen LogP contribution in [0.3, 0.4) is 0 Å². The fourth-order valence-electron chi connectivity index (χ4n) is 3.66. The summed E-state index contributed by atoms with van der Waals surface area (Å²) in [5, 5.41) is 2.89. The molecule has 0 radical (unpaired) electrons. The number of benzene rings is 3. The van der Waals surface area contributed by atoms with Gasteiger partial charge in [-0.15, -0.1) is 0 Å². The normalized spacial score (nSPS) is 17.0. The van der Waals surface area contributed by atoms with Crippen molar-refractivity contribution in [2.75, 3.05) is 23.6 Å². The van der Waals surface area contributed by atoms with Gasteiger partial charge in [-0.3, -0.25) is 9.59 Å². The van der Waals surface area contributed by atoms with E-state index in [1.165, 1.54) is 0 Å². The van der Waals surface area contributed by atoms with Gasteiger partial charge in [-0.25, -0.2) is 0 Å². The molecule has 0 saturated carbocycles. The maximum absolute atomic E-state index is 12.7. The van der Waals surface area contributed by atoms with E-state index < -0.39 is 5.92 Å². The number of ether oxygens (including phenoxy) is 3. The van der Waals surface area contributed by atoms with E-state index in [2.05, 4.69) is 5.32 Å². The predicted molar refractivity (Wildman–Crippen MR) is 115 cm³/mol. The van der Waals surface area contributed by atoms with Crippen LogP contribution in [-0.2, 0) is 9.59 Å². The van der Waals surface area contributed by atoms with Crippen molar-refractivity contribution in [1.29, 1.82) is 0 Å². The van der Waals surface area contributed by atoms with Crippen molar-refractivity contribution in [3.63, 3.8) is 0 Å². The van der Waals surface area contributed by atoms with Crippen LogP contribution >= 0.6 is 0 Å². The Balaban J connectivity index is 1.21. The molecule has 7 nitrogen and oxygen atoms in total. The van der Waals surface area contributed by atoms with Crippen LogP contribution in [0.4, 0.5) is 11.4 Å². The molecule has 0 aliphatic carbocycles. The van der Waals surface area contributed by atoms with Crippen LogP contribution in [0.2, 0.25) is 0 Å². The molecule has 1 unspecified atom stereocenters. The number of carbonyl (C=O) groups excluding carboxylic acids is 2. The molecule has 2 aliphatic rings. The van der Waals surface area contributed by atoms with Crippen LogP contribution in [0.1, 0.15) is 6.42 Å². The second-order valence-corrected chi connectivity index (χ2v) is 7.37. The van der Waals surface area contributed by atoms with Gasteiger partial charge in [0.25, 0.3) is 0 Å². The molecule has 0 aromatic heterocycles. The lowest BCUT2D eigenvalue weighted by molar-refractivity contribution is -0.122. The highest BCUT2D eigenvalue weighted by atomic mass is 16.7. The summed E-state index contributed by atoms with van der Waals surface area (Å²) in [6, 6.07) is 22.0. The molecular formula is C24H20N2O5. The molecule has 7 heteroatoms. The van der Waals surface area contributed by atoms with Crippen molar-refractivity contribution >= 4 is 23.2 Å². The van der Waals surface area contributed by atoms with Crippen LogP contribution in [-0.4, -0.2) is 25.2 Å². The van der Waals surface area contributed by atoms with Gasteiger partial charge in [-0.05, 0) is 48.5 Å². The molecule has 31 heavy (non-hydrogen) atoms. The smallest absolute Gasteiger partial charge is 0.231 e. The zero-order valence-corrected chi connectivity index (χ0v) is 16.6. The van der Waals surface area contributed by atoms with E-state index in [9.17, 15) is 9.59 Å². The van der Waals surface area contributed by atoms with Gasteiger partial charge in [0.1, 0.15) is 11.5 Å². The minimum absolute atomic E-state index is 0.0920. The van der Waals surface area contributed by atoms with Crippen molar-refractivity contribution < 1.29 is 23.8 Å². The van der Waals surface area contributed by atoms with Gasteiger partial charge in [-0.1, -0.05) is 18.2 Å². The SMILES string of the molecule is O=C(Nc1ccc(Oc2ccccc2)cc1)C1CC(=O)N(c2ccc3c(c2)OCO3)C1. The largest absolute Gasteiger partial charge is 0.457 e. The van der Waals surface area contributed by atoms with E-state index in [1.54, 1.807) is 47.4 Å². The van der Waals surface area contributed by atoms with Gasteiger partial charge in [0, 0.05) is 30.4 Å². The number of nitrogens with one attached hydrogen (secondary N) is 1. The number of amides is 2. The lowest BCUT2D eigenvalue weighted by atomic mass is 10.1. The summed E-state index contributed by atoms with van der Waals surface area (Å²) in [6.07, 6.45) is 0.162. The number of nitrogens with zero attached hydrogens (tertiary/aromatic N) is 1. The van der Waals surface area contributed by atoms with Crippen LogP contribution in [0.5, 0.6) is 23.0 Å². The second kappa shape index (κ2) is 8.02. The lowest BCUT2D eigenvalue weighted by Crippen LogP contribution is -2.28. The third kappa shape index (κ3) is 4.02. The Kier molecular flexibility index (Phi) is 4.92. The zero-order chi connectivity index (χ0) is 21.2. The number of hydrogen-bond donors (Lipinski definition) is 1. The first-order chi connectivity index (χ1) is 15.2. The molecule has 2 aliphatic heterocycles. The van der Waals surface area contributed by atoms with Gasteiger partial charge < -0.3 is 24.4 Å². The zero-order valence-electron chi connectivity index (χ0n) is 16.6. The summed E-state index contributed by atoms with van der Waals surface area (Å²) in [6.45, 7) is 0.493. The van der Waals surface area contributed by atoms with Gasteiger partial charge in [-0.2, -0.15) is 0 Å². The Morgan fingerprint density at radius 3 is 2.48 bits per heavy atom. The molecule has 156 valence electrons. The number of rotatable bonds is 5. The van der Waals surface area contributed by atoms with E-state index in [1.807, 2.05) is 30.3 Å². The first kappa shape index (κ1) is 19.0. The number of anilines is 2. The van der Waals surface area contributed by atoms with Gasteiger partial charge >= 0.3 is 0 Å². The standard InChI is InChI=1S/C24H20N2O5/c27-23-12-16(14-26(23)18-8-11-21-22(13-18)30-15-29-21)24(28)25-17-6-9-20(10-7-17)31-19-4-2-1-3-5-19/h1-11,13,16H,12,14-15H2,(H,25,28). The van der Waals surface area contributed by atoms with Gasteiger partial charge in [0.05, 0.1) is 5.92 Å². The summed E-state index contributed by atoms with van der Waals surface area (Å²) >= 11 is 0. The molecular weight excluding hydrogens is 396 g/mol. The third-order valence-corrected chi connectivity index (χ3v) is 5.26. The summed E-state index contributed by atoms with van der Waals surface area (Å²) < 4.78 is 16.5. The number of fused-ring (bicyclic) bond motifs is 1. The Morgan fingerprint density at radius 1 is 0.935 bits per heavy atom. The fraction of sp³-hybridized carbons (Fsp3) is 0.167. The molecule has 1 fully saturated rings. The molecule has 1 N–H and O–H groups in total. The first-order valence-corrected chi connectivity index (χ1v) is 9.99. The molecule has 1 saturated heterocycles. The molecule has 0 bridgehead atoms. The predicted octanol–water partition coefficient (Wildman–Crippen LogP) is 4.20. The van der Waals surface area contributed by atoms with Crippen molar-refractivity contribution in [3.05, 3.63) is 72.8 Å². The highest BCUT2D eigenvalue weighted by molar-refractivity contribution is 6.03. The molecule has 1 atom stereocenters. The van der Waals surface area contributed by atoms with Crippen molar-refractivity contribution in [2.24, 2.45) is 5.92 Å². The van der Waals surface area contributed by atoms with Gasteiger partial charge in [0.2, 0.25) is 18.6 Å². The minimum atomic E-state index is -0.432. The average molecular weight is 416 g/mol. The molecule has 5 rings (SSSR count). The number of hydrogen-bond acceptors (Lipinski definition) is 5. The summed E-state index contributed by atoms with van der Waals surface area (Å²) in [4.78, 5) is 26.9. The number of para-hydroxylation sites is 1. The second-order valence-electron chi connectivity index (χ2n) is 7.37. The maximum Gasteiger partial charge on any atom is 0.231 e. The van der Waals surface area contributed by atoms with E-state index in [0.29, 0.717) is 35.2 Å². The first-order valence-electron chi connectivity index (χ1n) is 9.99. The quantitative estimate of drug-likeness (QED) is 0.675. The van der Waals surface area contributed by atoms with Crippen LogP contribution in [0.25, 0.3) is 0 Å². The fourth-order valence-corrected chi connectivity index (χ4v) is 3.66. The average Bonchev–Trinajstić information content (AvgIpc) is 3.42. The molecule has 2 heterocycles. The van der Waals surface area contributed by atoms with E-state index in [4.69, 9.17) is 14.2 Å². The lowest BCUT2D eigenvalue weighted by Gasteiger charge is -2.17. The molecule has 2 amide bonds. The summed E-state index contributed by atoms with van der Waals surface area (Å²) in [5.41, 5.74) is 1.35. The number of carbonyl (C=O) groups is 2. The Bertz CT molecular complexity index is 1110.